The summed E-state index contributed by atoms with van der Waals surface area (Å²) < 4.78 is 28.6. The smallest absolute Gasteiger partial charge is 0.243 e. The van der Waals surface area contributed by atoms with Crippen LogP contribution in [0.1, 0.15) is 12.0 Å². The van der Waals surface area contributed by atoms with Crippen molar-refractivity contribution in [2.24, 2.45) is 0 Å². The number of nitrogens with one attached hydrogen (secondary N) is 1. The van der Waals surface area contributed by atoms with Crippen LogP contribution in [0.3, 0.4) is 0 Å². The van der Waals surface area contributed by atoms with Crippen LogP contribution in [0.2, 0.25) is 0 Å². The predicted molar refractivity (Wildman–Crippen MR) is 117 cm³/mol. The Morgan fingerprint density at radius 3 is 2.34 bits per heavy atom. The van der Waals surface area contributed by atoms with Gasteiger partial charge in [0.2, 0.25) is 15.9 Å². The summed E-state index contributed by atoms with van der Waals surface area (Å²) in [5.41, 5.74) is 1.15. The lowest BCUT2D eigenvalue weighted by Gasteiger charge is -2.30. The highest BCUT2D eigenvalue weighted by atomic mass is 79.9. The molecule has 6 nitrogen and oxygen atoms in total. The van der Waals surface area contributed by atoms with Crippen LogP contribution in [0.15, 0.2) is 64.0 Å². The van der Waals surface area contributed by atoms with Gasteiger partial charge in [0.15, 0.2) is 0 Å². The molecule has 1 fully saturated rings. The molecule has 2 aromatic rings. The van der Waals surface area contributed by atoms with Crippen LogP contribution in [0.4, 0.5) is 0 Å². The number of hydrogen-bond acceptors (Lipinski definition) is 4. The maximum absolute atomic E-state index is 13.2. The summed E-state index contributed by atoms with van der Waals surface area (Å²) in [7, 11) is -3.76. The van der Waals surface area contributed by atoms with Crippen molar-refractivity contribution in [1.29, 1.82) is 0 Å². The number of nitrogens with zero attached hydrogens (tertiary/aromatic N) is 2. The number of aryl methyl sites for hydroxylation is 1. The number of benzene rings is 2. The number of piperazine rings is 1. The predicted octanol–water partition coefficient (Wildman–Crippen LogP) is 2.50. The maximum atomic E-state index is 13.2. The molecule has 1 heterocycles. The fraction of sp³-hybridized carbons (Fsp3) is 0.381. The molecule has 0 spiro atoms. The summed E-state index contributed by atoms with van der Waals surface area (Å²) in [6, 6.07) is 16.5. The first-order valence-electron chi connectivity index (χ1n) is 9.75. The number of hydrogen-bond donors (Lipinski definition) is 1. The van der Waals surface area contributed by atoms with Crippen molar-refractivity contribution in [3.8, 4) is 0 Å². The molecule has 0 bridgehead atoms. The third kappa shape index (κ3) is 6.12. The molecular weight excluding hydrogens is 454 g/mol. The van der Waals surface area contributed by atoms with Crippen molar-refractivity contribution in [2.75, 3.05) is 39.3 Å². The standard InChI is InChI=1S/C21H26BrN3O3S/c22-19-8-10-20(11-9-19)29(27,28)25(14-4-7-18-5-2-1-3-6-18)17-21(26)24-15-12-23-13-16-24/h1-3,5-6,8-11,23H,4,7,12-17H2. The fourth-order valence-electron chi connectivity index (χ4n) is 3.31. The van der Waals surface area contributed by atoms with Gasteiger partial charge in [0.05, 0.1) is 11.4 Å². The second-order valence-electron chi connectivity index (χ2n) is 7.01. The highest BCUT2D eigenvalue weighted by Crippen LogP contribution is 2.20. The van der Waals surface area contributed by atoms with Crippen molar-refractivity contribution in [2.45, 2.75) is 17.7 Å². The van der Waals surface area contributed by atoms with Crippen LogP contribution < -0.4 is 5.32 Å². The normalized spacial score (nSPS) is 14.9. The Morgan fingerprint density at radius 1 is 1.03 bits per heavy atom. The van der Waals surface area contributed by atoms with Crippen LogP contribution >= 0.6 is 15.9 Å². The monoisotopic (exact) mass is 479 g/mol. The van der Waals surface area contributed by atoms with Gasteiger partial charge in [-0.05, 0) is 42.7 Å². The number of amides is 1. The Bertz CT molecular complexity index is 899. The van der Waals surface area contributed by atoms with Crippen LogP contribution in [0.25, 0.3) is 0 Å². The number of carbonyl (C=O) groups excluding carboxylic acids is 1. The Morgan fingerprint density at radius 2 is 1.69 bits per heavy atom. The first kappa shape index (κ1) is 22.0. The first-order chi connectivity index (χ1) is 14.0. The highest BCUT2D eigenvalue weighted by molar-refractivity contribution is 9.10. The van der Waals surface area contributed by atoms with E-state index in [0.29, 0.717) is 26.1 Å². The van der Waals surface area contributed by atoms with Crippen molar-refractivity contribution in [3.05, 3.63) is 64.6 Å². The van der Waals surface area contributed by atoms with Gasteiger partial charge in [-0.2, -0.15) is 4.31 Å². The van der Waals surface area contributed by atoms with Crippen molar-refractivity contribution < 1.29 is 13.2 Å². The minimum atomic E-state index is -3.76. The second kappa shape index (κ2) is 10.3. The molecule has 0 saturated carbocycles. The lowest BCUT2D eigenvalue weighted by molar-refractivity contribution is -0.131. The molecule has 3 rings (SSSR count). The molecule has 0 aromatic heterocycles. The van der Waals surface area contributed by atoms with Gasteiger partial charge >= 0.3 is 0 Å². The van der Waals surface area contributed by atoms with Crippen LogP contribution in [0.5, 0.6) is 0 Å². The van der Waals surface area contributed by atoms with Gasteiger partial charge < -0.3 is 10.2 Å². The molecule has 0 atom stereocenters. The summed E-state index contributed by atoms with van der Waals surface area (Å²) in [5.74, 6) is -0.146. The third-order valence-electron chi connectivity index (χ3n) is 4.95. The molecule has 0 radical (unpaired) electrons. The molecule has 0 aliphatic carbocycles. The van der Waals surface area contributed by atoms with Gasteiger partial charge in [0, 0.05) is 37.2 Å². The summed E-state index contributed by atoms with van der Waals surface area (Å²) in [4.78, 5) is 14.7. The van der Waals surface area contributed by atoms with Gasteiger partial charge in [-0.25, -0.2) is 8.42 Å². The Balaban J connectivity index is 1.74. The number of halogens is 1. The first-order valence-corrected chi connectivity index (χ1v) is 12.0. The number of carbonyl (C=O) groups is 1. The van der Waals surface area contributed by atoms with Crippen molar-refractivity contribution in [1.82, 2.24) is 14.5 Å². The van der Waals surface area contributed by atoms with E-state index in [4.69, 9.17) is 0 Å². The molecule has 1 aliphatic rings. The van der Waals surface area contributed by atoms with E-state index in [0.717, 1.165) is 29.5 Å². The molecule has 0 unspecified atom stereocenters. The zero-order valence-electron chi connectivity index (χ0n) is 16.3. The van der Waals surface area contributed by atoms with Crippen LogP contribution in [-0.4, -0.2) is 62.8 Å². The van der Waals surface area contributed by atoms with Crippen molar-refractivity contribution in [3.63, 3.8) is 0 Å². The van der Waals surface area contributed by atoms with Crippen LogP contribution in [-0.2, 0) is 21.2 Å². The SMILES string of the molecule is O=C(CN(CCCc1ccccc1)S(=O)(=O)c1ccc(Br)cc1)N1CCNCC1. The van der Waals surface area contributed by atoms with Gasteiger partial charge in [0.1, 0.15) is 0 Å². The van der Waals surface area contributed by atoms with Gasteiger partial charge in [-0.15, -0.1) is 0 Å². The Hall–Kier alpha value is -1.74. The van der Waals surface area contributed by atoms with E-state index >= 15 is 0 Å². The zero-order valence-corrected chi connectivity index (χ0v) is 18.7. The largest absolute Gasteiger partial charge is 0.339 e. The zero-order chi connectivity index (χ0) is 20.7. The van der Waals surface area contributed by atoms with Gasteiger partial charge in [0.25, 0.3) is 0 Å². The van der Waals surface area contributed by atoms with Crippen molar-refractivity contribution >= 4 is 31.9 Å². The van der Waals surface area contributed by atoms with Crippen LogP contribution in [0, 0.1) is 0 Å². The number of sulfonamides is 1. The molecule has 1 saturated heterocycles. The molecule has 1 N–H and O–H groups in total. The van der Waals surface area contributed by atoms with Gasteiger partial charge in [-0.1, -0.05) is 46.3 Å². The van der Waals surface area contributed by atoms with Gasteiger partial charge in [-0.3, -0.25) is 4.79 Å². The number of rotatable bonds is 8. The Labute approximate surface area is 181 Å². The minimum Gasteiger partial charge on any atom is -0.339 e. The lowest BCUT2D eigenvalue weighted by atomic mass is 10.1. The molecule has 1 aliphatic heterocycles. The summed E-state index contributed by atoms with van der Waals surface area (Å²) in [5, 5.41) is 3.21. The van der Waals surface area contributed by atoms with E-state index in [9.17, 15) is 13.2 Å². The maximum Gasteiger partial charge on any atom is 0.243 e. The van der Waals surface area contributed by atoms with E-state index in [1.165, 1.54) is 4.31 Å². The Kier molecular flexibility index (Phi) is 7.83. The van der Waals surface area contributed by atoms with E-state index < -0.39 is 10.0 Å². The summed E-state index contributed by atoms with van der Waals surface area (Å²) in [6.45, 7) is 2.85. The molecule has 156 valence electrons. The second-order valence-corrected chi connectivity index (χ2v) is 9.87. The van der Waals surface area contributed by atoms with E-state index in [2.05, 4.69) is 21.2 Å². The molecule has 2 aromatic carbocycles. The topological polar surface area (TPSA) is 69.7 Å². The average Bonchev–Trinajstić information content (AvgIpc) is 2.74. The van der Waals surface area contributed by atoms with E-state index in [1.807, 2.05) is 30.3 Å². The molecule has 29 heavy (non-hydrogen) atoms. The minimum absolute atomic E-state index is 0.132. The molecule has 8 heteroatoms. The summed E-state index contributed by atoms with van der Waals surface area (Å²) >= 11 is 3.33. The van der Waals surface area contributed by atoms with E-state index in [-0.39, 0.29) is 17.3 Å². The quantitative estimate of drug-likeness (QED) is 0.631. The summed E-state index contributed by atoms with van der Waals surface area (Å²) in [6.07, 6.45) is 1.41. The molecule has 1 amide bonds. The van der Waals surface area contributed by atoms with E-state index in [1.54, 1.807) is 29.2 Å². The highest BCUT2D eigenvalue weighted by Gasteiger charge is 2.28. The fourth-order valence-corrected chi connectivity index (χ4v) is 5.00. The third-order valence-corrected chi connectivity index (χ3v) is 7.34. The average molecular weight is 480 g/mol. The lowest BCUT2D eigenvalue weighted by Crippen LogP contribution is -2.50. The molecular formula is C21H26BrN3O3S.